The summed E-state index contributed by atoms with van der Waals surface area (Å²) >= 11 is 0. The molecular weight excluding hydrogens is 332 g/mol. The van der Waals surface area contributed by atoms with E-state index in [0.29, 0.717) is 17.9 Å². The highest BCUT2D eigenvalue weighted by atomic mass is 16.5. The molecule has 3 rings (SSSR count). The predicted molar refractivity (Wildman–Crippen MR) is 98.7 cm³/mol. The van der Waals surface area contributed by atoms with Gasteiger partial charge in [0.1, 0.15) is 6.04 Å². The fraction of sp³-hybridized carbons (Fsp3) is 0.300. The quantitative estimate of drug-likeness (QED) is 0.891. The molecule has 0 saturated carbocycles. The maximum absolute atomic E-state index is 12.7. The van der Waals surface area contributed by atoms with Gasteiger partial charge in [0.2, 0.25) is 11.8 Å². The Labute approximate surface area is 152 Å². The lowest BCUT2D eigenvalue weighted by Crippen LogP contribution is -2.51. The molecule has 1 unspecified atom stereocenters. The van der Waals surface area contributed by atoms with Gasteiger partial charge in [-0.05, 0) is 17.2 Å². The van der Waals surface area contributed by atoms with Crippen molar-refractivity contribution >= 4 is 17.5 Å². The van der Waals surface area contributed by atoms with Gasteiger partial charge in [-0.15, -0.1) is 0 Å². The minimum absolute atomic E-state index is 0.147. The Morgan fingerprint density at radius 2 is 1.81 bits per heavy atom. The molecule has 1 atom stereocenters. The number of nitrogens with one attached hydrogen (secondary N) is 1. The van der Waals surface area contributed by atoms with Crippen LogP contribution in [0, 0.1) is 0 Å². The molecule has 136 valence electrons. The molecule has 0 bridgehead atoms. The molecule has 1 aliphatic rings. The number of benzene rings is 2. The van der Waals surface area contributed by atoms with Gasteiger partial charge in [-0.2, -0.15) is 0 Å². The minimum Gasteiger partial charge on any atom is -0.493 e. The molecular formula is C20H22N2O4. The summed E-state index contributed by atoms with van der Waals surface area (Å²) in [6, 6.07) is 12.5. The van der Waals surface area contributed by atoms with Gasteiger partial charge in [-0.25, -0.2) is 0 Å². The van der Waals surface area contributed by atoms with E-state index in [2.05, 4.69) is 5.32 Å². The van der Waals surface area contributed by atoms with Crippen LogP contribution in [0.2, 0.25) is 0 Å². The van der Waals surface area contributed by atoms with Crippen molar-refractivity contribution in [1.82, 2.24) is 5.32 Å². The van der Waals surface area contributed by atoms with Crippen molar-refractivity contribution in [1.29, 1.82) is 0 Å². The van der Waals surface area contributed by atoms with E-state index in [9.17, 15) is 9.59 Å². The van der Waals surface area contributed by atoms with Gasteiger partial charge in [0.05, 0.1) is 26.3 Å². The van der Waals surface area contributed by atoms with Gasteiger partial charge < -0.3 is 19.7 Å². The minimum atomic E-state index is -0.596. The van der Waals surface area contributed by atoms with Crippen LogP contribution in [0.15, 0.2) is 42.5 Å². The van der Waals surface area contributed by atoms with Crippen molar-refractivity contribution in [3.8, 4) is 11.5 Å². The second kappa shape index (κ2) is 7.47. The van der Waals surface area contributed by atoms with E-state index >= 15 is 0 Å². The summed E-state index contributed by atoms with van der Waals surface area (Å²) in [7, 11) is 4.82. The molecule has 0 aliphatic carbocycles. The number of rotatable bonds is 5. The van der Waals surface area contributed by atoms with Crippen LogP contribution < -0.4 is 19.7 Å². The summed E-state index contributed by atoms with van der Waals surface area (Å²) < 4.78 is 10.7. The lowest BCUT2D eigenvalue weighted by Gasteiger charge is -2.32. The average molecular weight is 354 g/mol. The van der Waals surface area contributed by atoms with Crippen LogP contribution in [0.25, 0.3) is 0 Å². The topological polar surface area (TPSA) is 67.9 Å². The maximum atomic E-state index is 12.7. The molecule has 0 fully saturated rings. The van der Waals surface area contributed by atoms with E-state index in [1.54, 1.807) is 32.2 Å². The highest BCUT2D eigenvalue weighted by molar-refractivity contribution is 6.02. The Hall–Kier alpha value is -3.02. The van der Waals surface area contributed by atoms with Crippen LogP contribution in [0.1, 0.15) is 11.1 Å². The number of carbonyl (C=O) groups is 2. The zero-order valence-corrected chi connectivity index (χ0v) is 15.1. The lowest BCUT2D eigenvalue weighted by molar-refractivity contribution is -0.127. The highest BCUT2D eigenvalue weighted by Crippen LogP contribution is 2.37. The molecule has 0 spiro atoms. The molecule has 0 saturated heterocycles. The molecule has 0 aromatic heterocycles. The number of amides is 2. The average Bonchev–Trinajstić information content (AvgIpc) is 2.65. The first kappa shape index (κ1) is 17.8. The van der Waals surface area contributed by atoms with Crippen molar-refractivity contribution in [3.05, 3.63) is 53.6 Å². The summed E-state index contributed by atoms with van der Waals surface area (Å²) in [5.41, 5.74) is 2.60. The third-order valence-corrected chi connectivity index (χ3v) is 4.54. The van der Waals surface area contributed by atoms with E-state index in [0.717, 1.165) is 16.8 Å². The van der Waals surface area contributed by atoms with Crippen LogP contribution in [-0.2, 0) is 22.4 Å². The normalized spacial score (nSPS) is 16.0. The van der Waals surface area contributed by atoms with E-state index in [1.165, 1.54) is 0 Å². The van der Waals surface area contributed by atoms with Crippen molar-refractivity contribution in [3.63, 3.8) is 0 Å². The first-order valence-corrected chi connectivity index (χ1v) is 8.39. The smallest absolute Gasteiger partial charge is 0.249 e. The standard InChI is InChI=1S/C20H22N2O4/c1-22-16-12-18(26-3)17(25-2)11-14(16)10-15(20(22)24)21-19(23)9-13-7-5-4-6-8-13/h4-8,11-12,15H,9-10H2,1-3H3,(H,21,23). The molecule has 0 radical (unpaired) electrons. The van der Waals surface area contributed by atoms with Crippen molar-refractivity contribution in [2.24, 2.45) is 0 Å². The van der Waals surface area contributed by atoms with Gasteiger partial charge in [0.25, 0.3) is 0 Å². The molecule has 1 N–H and O–H groups in total. The van der Waals surface area contributed by atoms with Crippen molar-refractivity contribution < 1.29 is 19.1 Å². The molecule has 2 aromatic carbocycles. The highest BCUT2D eigenvalue weighted by Gasteiger charge is 2.32. The first-order valence-electron chi connectivity index (χ1n) is 8.39. The van der Waals surface area contributed by atoms with Gasteiger partial charge in [0.15, 0.2) is 11.5 Å². The fourth-order valence-electron chi connectivity index (χ4n) is 3.19. The third kappa shape index (κ3) is 3.49. The summed E-state index contributed by atoms with van der Waals surface area (Å²) in [6.07, 6.45) is 0.659. The zero-order chi connectivity index (χ0) is 18.7. The SMILES string of the molecule is COc1cc2c(cc1OC)N(C)C(=O)C(NC(=O)Cc1ccccc1)C2. The van der Waals surface area contributed by atoms with Crippen LogP contribution in [-0.4, -0.2) is 39.1 Å². The monoisotopic (exact) mass is 354 g/mol. The third-order valence-electron chi connectivity index (χ3n) is 4.54. The summed E-state index contributed by atoms with van der Waals surface area (Å²) in [4.78, 5) is 26.6. The first-order chi connectivity index (χ1) is 12.5. The largest absolute Gasteiger partial charge is 0.493 e. The zero-order valence-electron chi connectivity index (χ0n) is 15.1. The predicted octanol–water partition coefficient (Wildman–Crippen LogP) is 1.95. The summed E-state index contributed by atoms with van der Waals surface area (Å²) in [5, 5.41) is 2.85. The number of hydrogen-bond acceptors (Lipinski definition) is 4. The number of nitrogens with zero attached hydrogens (tertiary/aromatic N) is 1. The van der Waals surface area contributed by atoms with E-state index in [1.807, 2.05) is 36.4 Å². The van der Waals surface area contributed by atoms with Crippen LogP contribution in [0.3, 0.4) is 0 Å². The summed E-state index contributed by atoms with van der Waals surface area (Å²) in [6.45, 7) is 0. The number of carbonyl (C=O) groups excluding carboxylic acids is 2. The van der Waals surface area contributed by atoms with Crippen LogP contribution in [0.4, 0.5) is 5.69 Å². The van der Waals surface area contributed by atoms with Crippen molar-refractivity contribution in [2.45, 2.75) is 18.9 Å². The van der Waals surface area contributed by atoms with Crippen molar-refractivity contribution in [2.75, 3.05) is 26.2 Å². The van der Waals surface area contributed by atoms with E-state index < -0.39 is 6.04 Å². The van der Waals surface area contributed by atoms with Gasteiger partial charge in [-0.3, -0.25) is 9.59 Å². The van der Waals surface area contributed by atoms with Gasteiger partial charge >= 0.3 is 0 Å². The fourth-order valence-corrected chi connectivity index (χ4v) is 3.19. The molecule has 1 aliphatic heterocycles. The van der Waals surface area contributed by atoms with Crippen LogP contribution >= 0.6 is 0 Å². The molecule has 6 heteroatoms. The number of anilines is 1. The number of ether oxygens (including phenoxy) is 2. The Balaban J connectivity index is 1.79. The Morgan fingerprint density at radius 1 is 1.15 bits per heavy atom. The second-order valence-corrected chi connectivity index (χ2v) is 6.22. The number of methoxy groups -OCH3 is 2. The van der Waals surface area contributed by atoms with Gasteiger partial charge in [0, 0.05) is 19.5 Å². The second-order valence-electron chi connectivity index (χ2n) is 6.22. The lowest BCUT2D eigenvalue weighted by atomic mass is 9.96. The molecule has 26 heavy (non-hydrogen) atoms. The van der Waals surface area contributed by atoms with E-state index in [-0.39, 0.29) is 18.2 Å². The van der Waals surface area contributed by atoms with E-state index in [4.69, 9.17) is 9.47 Å². The Kier molecular flexibility index (Phi) is 5.11. The number of fused-ring (bicyclic) bond motifs is 1. The molecule has 1 heterocycles. The molecule has 2 aromatic rings. The van der Waals surface area contributed by atoms with Crippen LogP contribution in [0.5, 0.6) is 11.5 Å². The molecule has 2 amide bonds. The Bertz CT molecular complexity index is 820. The number of likely N-dealkylation sites (N-methyl/N-ethyl adjacent to an activating group) is 1. The van der Waals surface area contributed by atoms with Gasteiger partial charge in [-0.1, -0.05) is 30.3 Å². The molecule has 6 nitrogen and oxygen atoms in total. The Morgan fingerprint density at radius 3 is 2.46 bits per heavy atom. The number of hydrogen-bond donors (Lipinski definition) is 1. The maximum Gasteiger partial charge on any atom is 0.249 e. The summed E-state index contributed by atoms with van der Waals surface area (Å²) in [5.74, 6) is 0.846.